The molecule has 4 rings (SSSR count). The van der Waals surface area contributed by atoms with Gasteiger partial charge in [0.25, 0.3) is 11.5 Å². The fraction of sp³-hybridized carbons (Fsp3) is 0.471. The number of aromatic nitrogens is 2. The molecule has 0 unspecified atom stereocenters. The third kappa shape index (κ3) is 3.54. The molecule has 10 heteroatoms. The van der Waals surface area contributed by atoms with Gasteiger partial charge in [-0.1, -0.05) is 0 Å². The van der Waals surface area contributed by atoms with Crippen LogP contribution in [0, 0.1) is 6.92 Å². The van der Waals surface area contributed by atoms with Crippen molar-refractivity contribution < 1.29 is 17.6 Å². The molecule has 2 aromatic rings. The highest BCUT2D eigenvalue weighted by molar-refractivity contribution is 7.91. The lowest BCUT2D eigenvalue weighted by Gasteiger charge is -2.43. The molecule has 2 aliphatic heterocycles. The zero-order valence-electron chi connectivity index (χ0n) is 14.8. The molecule has 0 aliphatic carbocycles. The van der Waals surface area contributed by atoms with Gasteiger partial charge in [0, 0.05) is 25.3 Å². The van der Waals surface area contributed by atoms with Crippen molar-refractivity contribution in [2.24, 2.45) is 0 Å². The number of sulfone groups is 1. The minimum atomic E-state index is -3.25. The number of fused-ring (bicyclic) bond motifs is 1. The molecule has 2 atom stereocenters. The van der Waals surface area contributed by atoms with Gasteiger partial charge >= 0.3 is 0 Å². The summed E-state index contributed by atoms with van der Waals surface area (Å²) in [6.07, 6.45) is 2.31. The van der Waals surface area contributed by atoms with E-state index in [-0.39, 0.29) is 29.1 Å². The van der Waals surface area contributed by atoms with Crippen molar-refractivity contribution in [2.45, 2.75) is 25.6 Å². The number of carbonyl (C=O) groups is 1. The van der Waals surface area contributed by atoms with Gasteiger partial charge in [-0.15, -0.1) is 0 Å². The van der Waals surface area contributed by atoms with Gasteiger partial charge in [0.1, 0.15) is 17.2 Å². The molecule has 0 bridgehead atoms. The Kier molecular flexibility index (Phi) is 4.39. The van der Waals surface area contributed by atoms with Crippen LogP contribution in [0.15, 0.2) is 33.7 Å². The number of nitrogens with one attached hydrogen (secondary N) is 1. The molecule has 4 heterocycles. The van der Waals surface area contributed by atoms with Crippen molar-refractivity contribution in [3.05, 3.63) is 52.1 Å². The first-order chi connectivity index (χ1) is 12.8. The van der Waals surface area contributed by atoms with Gasteiger partial charge in [0.2, 0.25) is 0 Å². The van der Waals surface area contributed by atoms with E-state index in [9.17, 15) is 18.0 Å². The minimum absolute atomic E-state index is 0.0141. The van der Waals surface area contributed by atoms with Crippen molar-refractivity contribution in [2.75, 3.05) is 24.6 Å². The highest BCUT2D eigenvalue weighted by atomic mass is 32.2. The largest absolute Gasteiger partial charge is 0.465 e. The molecule has 27 heavy (non-hydrogen) atoms. The maximum absolute atomic E-state index is 12.8. The molecular formula is C17H20N4O5S. The lowest BCUT2D eigenvalue weighted by molar-refractivity contribution is 0.0280. The summed E-state index contributed by atoms with van der Waals surface area (Å²) in [5.74, 6) is 1.16. The number of furan rings is 1. The third-order valence-electron chi connectivity index (χ3n) is 5.10. The van der Waals surface area contributed by atoms with Crippen LogP contribution in [0.5, 0.6) is 0 Å². The van der Waals surface area contributed by atoms with Crippen molar-refractivity contribution in [3.8, 4) is 0 Å². The molecule has 144 valence electrons. The molecule has 0 spiro atoms. The van der Waals surface area contributed by atoms with Crippen molar-refractivity contribution in [3.63, 3.8) is 0 Å². The first kappa shape index (κ1) is 17.9. The number of hydrogen-bond acceptors (Lipinski definition) is 7. The summed E-state index contributed by atoms with van der Waals surface area (Å²) in [5.41, 5.74) is -0.292. The van der Waals surface area contributed by atoms with Gasteiger partial charge in [0.05, 0.1) is 30.3 Å². The molecule has 2 aliphatic rings. The Hall–Kier alpha value is -2.46. The second-order valence-corrected chi connectivity index (χ2v) is 9.14. The van der Waals surface area contributed by atoms with Crippen molar-refractivity contribution >= 4 is 15.7 Å². The second-order valence-electron chi connectivity index (χ2n) is 6.99. The highest BCUT2D eigenvalue weighted by Crippen LogP contribution is 2.29. The topological polar surface area (TPSA) is 117 Å². The van der Waals surface area contributed by atoms with Gasteiger partial charge in [0.15, 0.2) is 9.84 Å². The van der Waals surface area contributed by atoms with Gasteiger partial charge in [-0.2, -0.15) is 0 Å². The Balaban J connectivity index is 1.59. The van der Waals surface area contributed by atoms with Crippen molar-refractivity contribution in [1.29, 1.82) is 0 Å². The molecular weight excluding hydrogens is 372 g/mol. The van der Waals surface area contributed by atoms with Crippen LogP contribution in [0.3, 0.4) is 0 Å². The Labute approximate surface area is 155 Å². The number of nitrogens with zero attached hydrogens (tertiary/aromatic N) is 3. The van der Waals surface area contributed by atoms with E-state index < -0.39 is 21.4 Å². The van der Waals surface area contributed by atoms with E-state index in [2.05, 4.69) is 14.9 Å². The minimum Gasteiger partial charge on any atom is -0.465 e. The van der Waals surface area contributed by atoms with Crippen molar-refractivity contribution in [1.82, 2.24) is 19.8 Å². The third-order valence-corrected chi connectivity index (χ3v) is 6.80. The van der Waals surface area contributed by atoms with Crippen LogP contribution in [-0.4, -0.2) is 70.8 Å². The summed E-state index contributed by atoms with van der Waals surface area (Å²) < 4.78 is 30.2. The van der Waals surface area contributed by atoms with E-state index in [1.54, 1.807) is 4.90 Å². The van der Waals surface area contributed by atoms with Gasteiger partial charge in [-0.05, 0) is 19.1 Å². The predicted octanol–water partition coefficient (Wildman–Crippen LogP) is -0.205. The quantitative estimate of drug-likeness (QED) is 0.768. The summed E-state index contributed by atoms with van der Waals surface area (Å²) in [6, 6.07) is 3.02. The van der Waals surface area contributed by atoms with Crippen LogP contribution in [-0.2, 0) is 16.4 Å². The Morgan fingerprint density at radius 2 is 2.07 bits per heavy atom. The Morgan fingerprint density at radius 1 is 1.30 bits per heavy atom. The number of hydrogen-bond donors (Lipinski definition) is 1. The summed E-state index contributed by atoms with van der Waals surface area (Å²) in [7, 11) is -3.25. The molecule has 2 fully saturated rings. The SMILES string of the molecule is Cc1ccc(CN2CCN(C(=O)c3c[nH]c(=O)cn3)[C@@H]3CS(=O)(=O)C[C@@H]32)o1. The van der Waals surface area contributed by atoms with Crippen LogP contribution >= 0.6 is 0 Å². The average Bonchev–Trinajstić information content (AvgIpc) is 3.17. The van der Waals surface area contributed by atoms with Crippen LogP contribution in [0.1, 0.15) is 22.0 Å². The van der Waals surface area contributed by atoms with Gasteiger partial charge < -0.3 is 14.3 Å². The Bertz CT molecular complexity index is 1010. The maximum Gasteiger partial charge on any atom is 0.274 e. The molecule has 2 aromatic heterocycles. The first-order valence-electron chi connectivity index (χ1n) is 8.68. The summed E-state index contributed by atoms with van der Waals surface area (Å²) in [6.45, 7) is 3.28. The van der Waals surface area contributed by atoms with E-state index in [4.69, 9.17) is 4.42 Å². The molecule has 0 radical (unpaired) electrons. The van der Waals surface area contributed by atoms with Crippen LogP contribution in [0.25, 0.3) is 0 Å². The first-order valence-corrected chi connectivity index (χ1v) is 10.5. The smallest absolute Gasteiger partial charge is 0.274 e. The normalized spacial score (nSPS) is 24.7. The van der Waals surface area contributed by atoms with Crippen LogP contribution in [0.4, 0.5) is 0 Å². The standard InChI is InChI=1S/C17H20N4O5S/c1-11-2-3-12(26-11)8-20-4-5-21(15-10-27(24,25)9-14(15)20)17(23)13-6-19-16(22)7-18-13/h2-3,6-7,14-15H,4-5,8-10H2,1H3,(H,19,22)/t14-,15+/m0/s1. The second kappa shape index (κ2) is 6.61. The number of rotatable bonds is 3. The van der Waals surface area contributed by atoms with Gasteiger partial charge in [-0.3, -0.25) is 14.5 Å². The summed E-state index contributed by atoms with van der Waals surface area (Å²) >= 11 is 0. The molecule has 1 N–H and O–H groups in total. The van der Waals surface area contributed by atoms with E-state index >= 15 is 0 Å². The molecule has 0 saturated carbocycles. The van der Waals surface area contributed by atoms with Crippen LogP contribution < -0.4 is 5.56 Å². The molecule has 0 aromatic carbocycles. The number of piperazine rings is 1. The fourth-order valence-corrected chi connectivity index (χ4v) is 5.86. The Morgan fingerprint density at radius 3 is 2.74 bits per heavy atom. The number of amides is 1. The highest BCUT2D eigenvalue weighted by Gasteiger charge is 2.48. The maximum atomic E-state index is 12.8. The molecule has 2 saturated heterocycles. The summed E-state index contributed by atoms with van der Waals surface area (Å²) in [5, 5.41) is 0. The predicted molar refractivity (Wildman–Crippen MR) is 96.0 cm³/mol. The number of aryl methyl sites for hydroxylation is 1. The zero-order chi connectivity index (χ0) is 19.2. The van der Waals surface area contributed by atoms with Gasteiger partial charge in [-0.25, -0.2) is 13.4 Å². The van der Waals surface area contributed by atoms with E-state index in [1.807, 2.05) is 19.1 Å². The van der Waals surface area contributed by atoms with E-state index in [0.29, 0.717) is 19.6 Å². The number of H-pyrrole nitrogens is 1. The molecule has 1 amide bonds. The van der Waals surface area contributed by atoms with E-state index in [0.717, 1.165) is 17.7 Å². The fourth-order valence-electron chi connectivity index (χ4n) is 3.85. The van der Waals surface area contributed by atoms with Crippen LogP contribution in [0.2, 0.25) is 0 Å². The number of carbonyl (C=O) groups excluding carboxylic acids is 1. The zero-order valence-corrected chi connectivity index (χ0v) is 15.6. The lowest BCUT2D eigenvalue weighted by atomic mass is 10.0. The van der Waals surface area contributed by atoms with E-state index in [1.165, 1.54) is 6.20 Å². The average molecular weight is 392 g/mol. The summed E-state index contributed by atoms with van der Waals surface area (Å²) in [4.78, 5) is 34.0. The molecule has 9 nitrogen and oxygen atoms in total. The monoisotopic (exact) mass is 392 g/mol. The number of aromatic amines is 1. The lowest BCUT2D eigenvalue weighted by Crippen LogP contribution is -2.60.